The first kappa shape index (κ1) is 22.1. The van der Waals surface area contributed by atoms with E-state index in [0.29, 0.717) is 13.2 Å². The minimum atomic E-state index is 0.603. The number of hydrogen-bond acceptors (Lipinski definition) is 5. The molecule has 168 valence electrons. The van der Waals surface area contributed by atoms with Crippen LogP contribution >= 0.6 is 0 Å². The Balaban J connectivity index is 1.48. The molecule has 0 atom stereocenters. The summed E-state index contributed by atoms with van der Waals surface area (Å²) >= 11 is 0. The number of para-hydroxylation sites is 6. The molecule has 0 radical (unpaired) electrons. The second-order valence-electron chi connectivity index (χ2n) is 7.23. The van der Waals surface area contributed by atoms with Gasteiger partial charge in [0.2, 0.25) is 0 Å². The predicted molar refractivity (Wildman–Crippen MR) is 135 cm³/mol. The van der Waals surface area contributed by atoms with Crippen molar-refractivity contribution in [1.29, 1.82) is 0 Å². The molecular formula is C28H28N2O3. The zero-order chi connectivity index (χ0) is 22.9. The van der Waals surface area contributed by atoms with E-state index in [1.54, 1.807) is 0 Å². The van der Waals surface area contributed by atoms with Crippen molar-refractivity contribution in [1.82, 2.24) is 0 Å². The Labute approximate surface area is 195 Å². The van der Waals surface area contributed by atoms with E-state index in [2.05, 4.69) is 10.6 Å². The van der Waals surface area contributed by atoms with Gasteiger partial charge in [-0.3, -0.25) is 0 Å². The Bertz CT molecular complexity index is 1180. The Morgan fingerprint density at radius 3 is 1.52 bits per heavy atom. The fourth-order valence-corrected chi connectivity index (χ4v) is 3.40. The van der Waals surface area contributed by atoms with Crippen molar-refractivity contribution < 1.29 is 14.2 Å². The quantitative estimate of drug-likeness (QED) is 0.264. The van der Waals surface area contributed by atoms with Gasteiger partial charge in [-0.05, 0) is 74.5 Å². The van der Waals surface area contributed by atoms with Gasteiger partial charge in [-0.1, -0.05) is 36.4 Å². The van der Waals surface area contributed by atoms with Gasteiger partial charge in [0.1, 0.15) is 17.2 Å². The van der Waals surface area contributed by atoms with Crippen molar-refractivity contribution in [3.05, 3.63) is 97.1 Å². The van der Waals surface area contributed by atoms with Crippen LogP contribution in [0.1, 0.15) is 13.8 Å². The Kier molecular flexibility index (Phi) is 7.33. The maximum absolute atomic E-state index is 6.19. The van der Waals surface area contributed by atoms with Gasteiger partial charge in [0, 0.05) is 5.69 Å². The molecule has 0 aliphatic carbocycles. The maximum atomic E-state index is 6.19. The van der Waals surface area contributed by atoms with Crippen LogP contribution in [0.3, 0.4) is 0 Å². The number of ether oxygens (including phenoxy) is 3. The van der Waals surface area contributed by atoms with Crippen molar-refractivity contribution in [3.8, 4) is 23.0 Å². The molecule has 0 heterocycles. The van der Waals surface area contributed by atoms with Gasteiger partial charge in [-0.25, -0.2) is 0 Å². The molecule has 5 heteroatoms. The van der Waals surface area contributed by atoms with Gasteiger partial charge in [0.05, 0.1) is 30.3 Å². The molecule has 0 saturated carbocycles. The summed E-state index contributed by atoms with van der Waals surface area (Å²) in [4.78, 5) is 0. The fraction of sp³-hybridized carbons (Fsp3) is 0.143. The number of anilines is 4. The maximum Gasteiger partial charge on any atom is 0.150 e. The van der Waals surface area contributed by atoms with E-state index >= 15 is 0 Å². The lowest BCUT2D eigenvalue weighted by molar-refractivity contribution is 0.342. The Morgan fingerprint density at radius 1 is 0.515 bits per heavy atom. The van der Waals surface area contributed by atoms with Crippen LogP contribution in [-0.4, -0.2) is 13.2 Å². The second kappa shape index (κ2) is 11.0. The standard InChI is InChI=1S/C28H28N2O3/c1-3-31-26-14-8-5-11-23(26)29-21-17-19-22(20-18-21)33-28-16-10-7-13-25(28)30-24-12-6-9-15-27(24)32-4-2/h5-20,29-30H,3-4H2,1-2H3. The minimum Gasteiger partial charge on any atom is -0.492 e. The monoisotopic (exact) mass is 440 g/mol. The number of rotatable bonds is 10. The highest BCUT2D eigenvalue weighted by atomic mass is 16.5. The number of benzene rings is 4. The summed E-state index contributed by atoms with van der Waals surface area (Å²) in [5, 5.41) is 6.84. The van der Waals surface area contributed by atoms with Crippen LogP contribution in [0.15, 0.2) is 97.1 Å². The lowest BCUT2D eigenvalue weighted by Crippen LogP contribution is -1.99. The van der Waals surface area contributed by atoms with E-state index in [-0.39, 0.29) is 0 Å². The highest BCUT2D eigenvalue weighted by Gasteiger charge is 2.09. The van der Waals surface area contributed by atoms with Crippen molar-refractivity contribution in [2.24, 2.45) is 0 Å². The molecule has 0 unspecified atom stereocenters. The molecule has 4 aromatic rings. The highest BCUT2D eigenvalue weighted by molar-refractivity contribution is 5.71. The number of hydrogen-bond donors (Lipinski definition) is 2. The summed E-state index contributed by atoms with van der Waals surface area (Å²) < 4.78 is 17.6. The molecule has 0 spiro atoms. The smallest absolute Gasteiger partial charge is 0.150 e. The van der Waals surface area contributed by atoms with Crippen LogP contribution in [-0.2, 0) is 0 Å². The van der Waals surface area contributed by atoms with Gasteiger partial charge in [0.15, 0.2) is 5.75 Å². The van der Waals surface area contributed by atoms with Gasteiger partial charge < -0.3 is 24.8 Å². The molecule has 4 aromatic carbocycles. The first-order valence-electron chi connectivity index (χ1n) is 11.1. The molecule has 0 fully saturated rings. The van der Waals surface area contributed by atoms with Crippen LogP contribution in [0.2, 0.25) is 0 Å². The zero-order valence-electron chi connectivity index (χ0n) is 18.9. The summed E-state index contributed by atoms with van der Waals surface area (Å²) in [7, 11) is 0. The molecule has 0 saturated heterocycles. The third-order valence-corrected chi connectivity index (χ3v) is 4.89. The highest BCUT2D eigenvalue weighted by Crippen LogP contribution is 2.35. The van der Waals surface area contributed by atoms with E-state index < -0.39 is 0 Å². The van der Waals surface area contributed by atoms with Gasteiger partial charge >= 0.3 is 0 Å². The van der Waals surface area contributed by atoms with E-state index in [9.17, 15) is 0 Å². The van der Waals surface area contributed by atoms with E-state index in [1.165, 1.54) is 0 Å². The topological polar surface area (TPSA) is 51.8 Å². The lowest BCUT2D eigenvalue weighted by atomic mass is 10.2. The minimum absolute atomic E-state index is 0.603. The molecule has 0 aliphatic heterocycles. The summed E-state index contributed by atoms with van der Waals surface area (Å²) in [6.45, 7) is 5.17. The number of nitrogens with one attached hydrogen (secondary N) is 2. The van der Waals surface area contributed by atoms with Crippen molar-refractivity contribution in [2.75, 3.05) is 23.8 Å². The molecule has 4 rings (SSSR count). The van der Waals surface area contributed by atoms with Crippen LogP contribution < -0.4 is 24.8 Å². The third-order valence-electron chi connectivity index (χ3n) is 4.89. The van der Waals surface area contributed by atoms with Crippen molar-refractivity contribution in [3.63, 3.8) is 0 Å². The molecule has 0 aromatic heterocycles. The van der Waals surface area contributed by atoms with Crippen LogP contribution in [0, 0.1) is 0 Å². The van der Waals surface area contributed by atoms with Crippen LogP contribution in [0.4, 0.5) is 22.7 Å². The average molecular weight is 441 g/mol. The van der Waals surface area contributed by atoms with E-state index in [1.807, 2.05) is 111 Å². The Hall–Kier alpha value is -4.12. The average Bonchev–Trinajstić information content (AvgIpc) is 2.84. The molecule has 2 N–H and O–H groups in total. The van der Waals surface area contributed by atoms with Crippen molar-refractivity contribution in [2.45, 2.75) is 13.8 Å². The van der Waals surface area contributed by atoms with Crippen LogP contribution in [0.5, 0.6) is 23.0 Å². The second-order valence-corrected chi connectivity index (χ2v) is 7.23. The molecule has 0 bridgehead atoms. The molecule has 5 nitrogen and oxygen atoms in total. The Morgan fingerprint density at radius 2 is 0.970 bits per heavy atom. The lowest BCUT2D eigenvalue weighted by Gasteiger charge is -2.16. The SMILES string of the molecule is CCOc1ccccc1Nc1ccc(Oc2ccccc2Nc2ccccc2OCC)cc1. The fourth-order valence-electron chi connectivity index (χ4n) is 3.40. The van der Waals surface area contributed by atoms with Gasteiger partial charge in [-0.2, -0.15) is 0 Å². The summed E-state index contributed by atoms with van der Waals surface area (Å²) in [6.07, 6.45) is 0. The molecular weight excluding hydrogens is 412 g/mol. The summed E-state index contributed by atoms with van der Waals surface area (Å²) in [6, 6.07) is 31.5. The molecule has 0 amide bonds. The van der Waals surface area contributed by atoms with E-state index in [4.69, 9.17) is 14.2 Å². The normalized spacial score (nSPS) is 10.4. The molecule has 0 aliphatic rings. The molecule has 33 heavy (non-hydrogen) atoms. The van der Waals surface area contributed by atoms with Gasteiger partial charge in [0.25, 0.3) is 0 Å². The summed E-state index contributed by atoms with van der Waals surface area (Å²) in [5.74, 6) is 3.10. The first-order chi connectivity index (χ1) is 16.3. The third kappa shape index (κ3) is 5.77. The zero-order valence-corrected chi connectivity index (χ0v) is 18.9. The van der Waals surface area contributed by atoms with E-state index in [0.717, 1.165) is 45.7 Å². The first-order valence-corrected chi connectivity index (χ1v) is 11.1. The predicted octanol–water partition coefficient (Wildman–Crippen LogP) is 7.76. The van der Waals surface area contributed by atoms with Crippen molar-refractivity contribution >= 4 is 22.7 Å². The summed E-state index contributed by atoms with van der Waals surface area (Å²) in [5.41, 5.74) is 3.63. The van der Waals surface area contributed by atoms with Crippen LogP contribution in [0.25, 0.3) is 0 Å². The largest absolute Gasteiger partial charge is 0.492 e. The van der Waals surface area contributed by atoms with Gasteiger partial charge in [-0.15, -0.1) is 0 Å².